The van der Waals surface area contributed by atoms with Crippen LogP contribution >= 0.6 is 0 Å². The standard InChI is InChI=1S/C14H18N2O3/c1-8-4-3-5-11(13(17)18)12(8)16-14(19)15-7-10-6-9(10)2/h3-5,9-10H,6-7H2,1-2H3,(H,17,18)(H2,15,16,19). The van der Waals surface area contributed by atoms with Gasteiger partial charge in [-0.25, -0.2) is 9.59 Å². The van der Waals surface area contributed by atoms with Crippen LogP contribution in [0.2, 0.25) is 0 Å². The number of aromatic carboxylic acids is 1. The molecule has 1 fully saturated rings. The average molecular weight is 262 g/mol. The van der Waals surface area contributed by atoms with Crippen LogP contribution in [0.3, 0.4) is 0 Å². The van der Waals surface area contributed by atoms with Gasteiger partial charge in [-0.15, -0.1) is 0 Å². The predicted molar refractivity (Wildman–Crippen MR) is 72.4 cm³/mol. The van der Waals surface area contributed by atoms with Crippen LogP contribution in [-0.2, 0) is 0 Å². The Kier molecular flexibility index (Phi) is 3.74. The van der Waals surface area contributed by atoms with E-state index in [0.29, 0.717) is 24.1 Å². The van der Waals surface area contributed by atoms with Crippen LogP contribution in [0.25, 0.3) is 0 Å². The Bertz CT molecular complexity index is 513. The summed E-state index contributed by atoms with van der Waals surface area (Å²) in [6.07, 6.45) is 1.14. The minimum absolute atomic E-state index is 0.106. The van der Waals surface area contributed by atoms with Gasteiger partial charge in [-0.05, 0) is 36.8 Å². The van der Waals surface area contributed by atoms with E-state index in [1.165, 1.54) is 6.07 Å². The normalized spacial score (nSPS) is 20.7. The molecule has 1 aromatic carbocycles. The molecule has 0 saturated heterocycles. The summed E-state index contributed by atoms with van der Waals surface area (Å²) in [6, 6.07) is 4.56. The van der Waals surface area contributed by atoms with E-state index in [0.717, 1.165) is 12.0 Å². The molecule has 1 aromatic rings. The van der Waals surface area contributed by atoms with Crippen LogP contribution in [0.1, 0.15) is 29.3 Å². The number of carbonyl (C=O) groups is 2. The molecule has 1 saturated carbocycles. The number of para-hydroxylation sites is 1. The van der Waals surface area contributed by atoms with Crippen molar-refractivity contribution in [3.05, 3.63) is 29.3 Å². The molecule has 2 amide bonds. The summed E-state index contributed by atoms with van der Waals surface area (Å²) in [4.78, 5) is 22.9. The van der Waals surface area contributed by atoms with Gasteiger partial charge in [0.15, 0.2) is 0 Å². The highest BCUT2D eigenvalue weighted by Gasteiger charge is 2.32. The molecule has 102 valence electrons. The Balaban J connectivity index is 2.01. The molecule has 5 heteroatoms. The van der Waals surface area contributed by atoms with E-state index in [4.69, 9.17) is 5.11 Å². The highest BCUT2D eigenvalue weighted by Crippen LogP contribution is 2.36. The van der Waals surface area contributed by atoms with E-state index in [1.54, 1.807) is 19.1 Å². The topological polar surface area (TPSA) is 78.4 Å². The second-order valence-electron chi connectivity index (χ2n) is 5.11. The second kappa shape index (κ2) is 5.30. The molecular formula is C14H18N2O3. The highest BCUT2D eigenvalue weighted by atomic mass is 16.4. The van der Waals surface area contributed by atoms with Crippen molar-refractivity contribution in [2.24, 2.45) is 11.8 Å². The van der Waals surface area contributed by atoms with Gasteiger partial charge < -0.3 is 15.7 Å². The van der Waals surface area contributed by atoms with Gasteiger partial charge in [0.05, 0.1) is 11.3 Å². The molecule has 0 radical (unpaired) electrons. The number of carboxylic acid groups (broad SMARTS) is 1. The van der Waals surface area contributed by atoms with Crippen molar-refractivity contribution in [2.75, 3.05) is 11.9 Å². The Labute approximate surface area is 112 Å². The van der Waals surface area contributed by atoms with Crippen molar-refractivity contribution in [1.29, 1.82) is 0 Å². The Morgan fingerprint density at radius 2 is 2.11 bits per heavy atom. The third-order valence-corrected chi connectivity index (χ3v) is 3.54. The SMILES string of the molecule is Cc1cccc(C(=O)O)c1NC(=O)NCC1CC1C. The molecule has 2 rings (SSSR count). The molecule has 0 heterocycles. The van der Waals surface area contributed by atoms with Crippen LogP contribution < -0.4 is 10.6 Å². The molecule has 0 aromatic heterocycles. The van der Waals surface area contributed by atoms with Gasteiger partial charge in [-0.1, -0.05) is 19.1 Å². The maximum Gasteiger partial charge on any atom is 0.337 e. The van der Waals surface area contributed by atoms with Crippen LogP contribution in [0.4, 0.5) is 10.5 Å². The lowest BCUT2D eigenvalue weighted by atomic mass is 10.1. The summed E-state index contributed by atoms with van der Waals surface area (Å²) in [5.41, 5.74) is 1.20. The molecule has 1 aliphatic carbocycles. The summed E-state index contributed by atoms with van der Waals surface area (Å²) in [7, 11) is 0. The van der Waals surface area contributed by atoms with Crippen molar-refractivity contribution in [3.8, 4) is 0 Å². The number of carboxylic acids is 1. The number of aryl methyl sites for hydroxylation is 1. The minimum atomic E-state index is -1.05. The second-order valence-corrected chi connectivity index (χ2v) is 5.11. The van der Waals surface area contributed by atoms with Crippen molar-refractivity contribution in [3.63, 3.8) is 0 Å². The third kappa shape index (κ3) is 3.24. The van der Waals surface area contributed by atoms with Crippen LogP contribution in [0, 0.1) is 18.8 Å². The fraction of sp³-hybridized carbons (Fsp3) is 0.429. The van der Waals surface area contributed by atoms with Gasteiger partial charge >= 0.3 is 12.0 Å². The minimum Gasteiger partial charge on any atom is -0.478 e. The molecule has 5 nitrogen and oxygen atoms in total. The molecule has 0 spiro atoms. The van der Waals surface area contributed by atoms with Gasteiger partial charge in [0.25, 0.3) is 0 Å². The van der Waals surface area contributed by atoms with Gasteiger partial charge in [0.2, 0.25) is 0 Å². The summed E-state index contributed by atoms with van der Waals surface area (Å²) in [6.45, 7) is 4.56. The van der Waals surface area contributed by atoms with Crippen molar-refractivity contribution in [1.82, 2.24) is 5.32 Å². The number of benzene rings is 1. The molecule has 3 N–H and O–H groups in total. The number of anilines is 1. The first kappa shape index (κ1) is 13.4. The maximum atomic E-state index is 11.8. The van der Waals surface area contributed by atoms with Crippen molar-refractivity contribution < 1.29 is 14.7 Å². The van der Waals surface area contributed by atoms with Crippen LogP contribution in [0.15, 0.2) is 18.2 Å². The zero-order valence-electron chi connectivity index (χ0n) is 11.1. The van der Waals surface area contributed by atoms with Crippen LogP contribution in [0.5, 0.6) is 0 Å². The summed E-state index contributed by atoms with van der Waals surface area (Å²) in [5, 5.41) is 14.5. The molecule has 19 heavy (non-hydrogen) atoms. The first-order chi connectivity index (χ1) is 8.99. The molecule has 0 aliphatic heterocycles. The monoisotopic (exact) mass is 262 g/mol. The number of rotatable bonds is 4. The first-order valence-electron chi connectivity index (χ1n) is 6.36. The number of nitrogens with one attached hydrogen (secondary N) is 2. The summed E-state index contributed by atoms with van der Waals surface area (Å²) in [5.74, 6) is 0.185. The molecule has 1 aliphatic rings. The molecule has 0 bridgehead atoms. The Morgan fingerprint density at radius 1 is 1.42 bits per heavy atom. The maximum absolute atomic E-state index is 11.8. The third-order valence-electron chi connectivity index (χ3n) is 3.54. The van der Waals surface area contributed by atoms with Gasteiger partial charge in [-0.3, -0.25) is 0 Å². The lowest BCUT2D eigenvalue weighted by molar-refractivity contribution is 0.0698. The lowest BCUT2D eigenvalue weighted by Crippen LogP contribution is -2.31. The van der Waals surface area contributed by atoms with E-state index in [2.05, 4.69) is 17.6 Å². The number of amides is 2. The Morgan fingerprint density at radius 3 is 2.68 bits per heavy atom. The van der Waals surface area contributed by atoms with Gasteiger partial charge in [0.1, 0.15) is 0 Å². The fourth-order valence-electron chi connectivity index (χ4n) is 2.08. The van der Waals surface area contributed by atoms with Crippen molar-refractivity contribution >= 4 is 17.7 Å². The summed E-state index contributed by atoms with van der Waals surface area (Å²) >= 11 is 0. The first-order valence-corrected chi connectivity index (χ1v) is 6.36. The smallest absolute Gasteiger partial charge is 0.337 e. The van der Waals surface area contributed by atoms with Gasteiger partial charge in [-0.2, -0.15) is 0 Å². The largest absolute Gasteiger partial charge is 0.478 e. The predicted octanol–water partition coefficient (Wildman–Crippen LogP) is 2.47. The number of hydrogen-bond acceptors (Lipinski definition) is 2. The number of urea groups is 1. The summed E-state index contributed by atoms with van der Waals surface area (Å²) < 4.78 is 0. The van der Waals surface area contributed by atoms with E-state index < -0.39 is 5.97 Å². The average Bonchev–Trinajstić information content (AvgIpc) is 3.05. The molecule has 2 atom stereocenters. The van der Waals surface area contributed by atoms with E-state index >= 15 is 0 Å². The van der Waals surface area contributed by atoms with Crippen molar-refractivity contribution in [2.45, 2.75) is 20.3 Å². The van der Waals surface area contributed by atoms with E-state index in [1.807, 2.05) is 0 Å². The fourth-order valence-corrected chi connectivity index (χ4v) is 2.08. The van der Waals surface area contributed by atoms with E-state index in [-0.39, 0.29) is 11.6 Å². The zero-order valence-corrected chi connectivity index (χ0v) is 11.1. The quantitative estimate of drug-likeness (QED) is 0.780. The number of carbonyl (C=O) groups excluding carboxylic acids is 1. The molecule has 2 unspecified atom stereocenters. The Hall–Kier alpha value is -2.04. The van der Waals surface area contributed by atoms with Gasteiger partial charge in [0, 0.05) is 6.54 Å². The highest BCUT2D eigenvalue weighted by molar-refractivity contribution is 6.00. The molecular weight excluding hydrogens is 244 g/mol. The van der Waals surface area contributed by atoms with E-state index in [9.17, 15) is 9.59 Å². The number of hydrogen-bond donors (Lipinski definition) is 3. The van der Waals surface area contributed by atoms with Crippen LogP contribution in [-0.4, -0.2) is 23.7 Å². The lowest BCUT2D eigenvalue weighted by Gasteiger charge is -2.12. The zero-order chi connectivity index (χ0) is 14.0.